The molecule has 0 atom stereocenters. The lowest BCUT2D eigenvalue weighted by Gasteiger charge is -2.32. The Morgan fingerprint density at radius 3 is 1.69 bits per heavy atom. The van der Waals surface area contributed by atoms with Crippen molar-refractivity contribution in [1.82, 2.24) is 0 Å². The van der Waals surface area contributed by atoms with Gasteiger partial charge in [0, 0.05) is 5.56 Å². The van der Waals surface area contributed by atoms with Crippen LogP contribution in [0, 0.1) is 0 Å². The van der Waals surface area contributed by atoms with Gasteiger partial charge < -0.3 is 10.2 Å². The van der Waals surface area contributed by atoms with Crippen LogP contribution in [0.15, 0.2) is 36.4 Å². The Hall–Kier alpha value is -1.96. The molecule has 0 aliphatic heterocycles. The number of phenolic OH excluding ortho intramolecular Hbond substituents is 2. The van der Waals surface area contributed by atoms with E-state index in [1.807, 2.05) is 18.2 Å². The van der Waals surface area contributed by atoms with Gasteiger partial charge in [-0.05, 0) is 72.4 Å². The molecule has 4 rings (SSSR count). The van der Waals surface area contributed by atoms with Crippen molar-refractivity contribution >= 4 is 0 Å². The molecule has 2 N–H and O–H groups in total. The number of benzene rings is 2. The fourth-order valence-electron chi connectivity index (χ4n) is 5.17. The van der Waals surface area contributed by atoms with E-state index in [-0.39, 0.29) is 0 Å². The van der Waals surface area contributed by atoms with Crippen molar-refractivity contribution in [2.45, 2.75) is 76.0 Å². The van der Waals surface area contributed by atoms with Crippen molar-refractivity contribution in [1.29, 1.82) is 0 Å². The number of hydrogen-bond acceptors (Lipinski definition) is 2. The van der Waals surface area contributed by atoms with E-state index in [9.17, 15) is 10.2 Å². The van der Waals surface area contributed by atoms with Gasteiger partial charge in [-0.15, -0.1) is 0 Å². The molecule has 0 amide bonds. The zero-order valence-electron chi connectivity index (χ0n) is 15.6. The van der Waals surface area contributed by atoms with Crippen LogP contribution in [0.4, 0.5) is 0 Å². The van der Waals surface area contributed by atoms with Gasteiger partial charge in [-0.1, -0.05) is 56.7 Å². The molecule has 0 bridgehead atoms. The minimum absolute atomic E-state index is 0.305. The Morgan fingerprint density at radius 1 is 0.577 bits per heavy atom. The first kappa shape index (κ1) is 17.5. The summed E-state index contributed by atoms with van der Waals surface area (Å²) in [5.74, 6) is 1.86. The molecule has 0 saturated heterocycles. The SMILES string of the molecule is Oc1ccc(-c2ccc(O)c(C3CCCCC3)c2C2CCCCC2)cc1. The van der Waals surface area contributed by atoms with Gasteiger partial charge in [0.25, 0.3) is 0 Å². The van der Waals surface area contributed by atoms with Crippen LogP contribution in [0.5, 0.6) is 11.5 Å². The minimum atomic E-state index is 0.305. The smallest absolute Gasteiger partial charge is 0.119 e. The van der Waals surface area contributed by atoms with Crippen LogP contribution >= 0.6 is 0 Å². The third-order valence-corrected chi connectivity index (χ3v) is 6.47. The lowest BCUT2D eigenvalue weighted by molar-refractivity contribution is 0.398. The summed E-state index contributed by atoms with van der Waals surface area (Å²) in [6, 6.07) is 11.6. The molecule has 0 radical (unpaired) electrons. The minimum Gasteiger partial charge on any atom is -0.508 e. The Bertz CT molecular complexity index is 736. The van der Waals surface area contributed by atoms with Gasteiger partial charge in [-0.3, -0.25) is 0 Å². The Labute approximate surface area is 156 Å². The molecule has 0 spiro atoms. The normalized spacial score (nSPS) is 19.5. The summed E-state index contributed by atoms with van der Waals surface area (Å²) in [7, 11) is 0. The van der Waals surface area contributed by atoms with Gasteiger partial charge >= 0.3 is 0 Å². The maximum absolute atomic E-state index is 10.8. The van der Waals surface area contributed by atoms with Crippen LogP contribution in [0.2, 0.25) is 0 Å². The molecular weight excluding hydrogens is 320 g/mol. The highest BCUT2D eigenvalue weighted by Gasteiger charge is 2.29. The monoisotopic (exact) mass is 350 g/mol. The second-order valence-corrected chi connectivity index (χ2v) is 8.18. The van der Waals surface area contributed by atoms with E-state index >= 15 is 0 Å². The predicted molar refractivity (Wildman–Crippen MR) is 107 cm³/mol. The number of rotatable bonds is 3. The highest BCUT2D eigenvalue weighted by molar-refractivity contribution is 5.72. The molecular formula is C24H30O2. The van der Waals surface area contributed by atoms with Crippen LogP contribution in [-0.4, -0.2) is 10.2 Å². The molecule has 2 saturated carbocycles. The van der Waals surface area contributed by atoms with Crippen molar-refractivity contribution in [3.05, 3.63) is 47.5 Å². The van der Waals surface area contributed by atoms with Crippen LogP contribution in [0.25, 0.3) is 11.1 Å². The van der Waals surface area contributed by atoms with E-state index < -0.39 is 0 Å². The predicted octanol–water partition coefficient (Wildman–Crippen LogP) is 6.86. The van der Waals surface area contributed by atoms with Crippen LogP contribution in [0.1, 0.15) is 87.2 Å². The summed E-state index contributed by atoms with van der Waals surface area (Å²) in [6.45, 7) is 0. The van der Waals surface area contributed by atoms with E-state index in [4.69, 9.17) is 0 Å². The van der Waals surface area contributed by atoms with Gasteiger partial charge in [0.1, 0.15) is 11.5 Å². The molecule has 2 aliphatic carbocycles. The molecule has 2 aromatic rings. The fourth-order valence-corrected chi connectivity index (χ4v) is 5.17. The molecule has 0 aromatic heterocycles. The van der Waals surface area contributed by atoms with E-state index in [1.165, 1.54) is 80.9 Å². The first-order valence-corrected chi connectivity index (χ1v) is 10.4. The van der Waals surface area contributed by atoms with E-state index in [0.29, 0.717) is 23.3 Å². The maximum atomic E-state index is 10.8. The molecule has 0 heterocycles. The van der Waals surface area contributed by atoms with Crippen LogP contribution < -0.4 is 0 Å². The molecule has 2 nitrogen and oxygen atoms in total. The summed E-state index contributed by atoms with van der Waals surface area (Å²) in [6.07, 6.45) is 12.7. The van der Waals surface area contributed by atoms with Crippen molar-refractivity contribution in [3.8, 4) is 22.6 Å². The van der Waals surface area contributed by atoms with Crippen molar-refractivity contribution < 1.29 is 10.2 Å². The molecule has 2 heteroatoms. The first-order valence-electron chi connectivity index (χ1n) is 10.4. The average molecular weight is 351 g/mol. The highest BCUT2D eigenvalue weighted by atomic mass is 16.3. The van der Waals surface area contributed by atoms with Gasteiger partial charge in [0.05, 0.1) is 0 Å². The Balaban J connectivity index is 1.85. The van der Waals surface area contributed by atoms with Crippen molar-refractivity contribution in [2.24, 2.45) is 0 Å². The highest BCUT2D eigenvalue weighted by Crippen LogP contribution is 2.48. The quantitative estimate of drug-likeness (QED) is 0.635. The molecule has 26 heavy (non-hydrogen) atoms. The zero-order chi connectivity index (χ0) is 17.9. The molecule has 138 valence electrons. The van der Waals surface area contributed by atoms with Crippen molar-refractivity contribution in [2.75, 3.05) is 0 Å². The van der Waals surface area contributed by atoms with E-state index in [1.54, 1.807) is 12.1 Å². The molecule has 2 fully saturated rings. The van der Waals surface area contributed by atoms with Crippen LogP contribution in [-0.2, 0) is 0 Å². The second-order valence-electron chi connectivity index (χ2n) is 8.18. The second kappa shape index (κ2) is 7.73. The fraction of sp³-hybridized carbons (Fsp3) is 0.500. The molecule has 2 aliphatic rings. The topological polar surface area (TPSA) is 40.5 Å². The number of aromatic hydroxyl groups is 2. The van der Waals surface area contributed by atoms with Crippen molar-refractivity contribution in [3.63, 3.8) is 0 Å². The Morgan fingerprint density at radius 2 is 1.12 bits per heavy atom. The van der Waals surface area contributed by atoms with Gasteiger partial charge in [0.15, 0.2) is 0 Å². The number of hydrogen-bond donors (Lipinski definition) is 2. The molecule has 2 aromatic carbocycles. The summed E-state index contributed by atoms with van der Waals surface area (Å²) >= 11 is 0. The Kier molecular flexibility index (Phi) is 5.19. The van der Waals surface area contributed by atoms with Crippen LogP contribution in [0.3, 0.4) is 0 Å². The third kappa shape index (κ3) is 3.47. The zero-order valence-corrected chi connectivity index (χ0v) is 15.6. The lowest BCUT2D eigenvalue weighted by atomic mass is 9.73. The van der Waals surface area contributed by atoms with E-state index in [2.05, 4.69) is 6.07 Å². The average Bonchev–Trinajstić information content (AvgIpc) is 2.70. The molecule has 0 unspecified atom stereocenters. The summed E-state index contributed by atoms with van der Waals surface area (Å²) in [4.78, 5) is 0. The maximum Gasteiger partial charge on any atom is 0.119 e. The van der Waals surface area contributed by atoms with Gasteiger partial charge in [0.2, 0.25) is 0 Å². The summed E-state index contributed by atoms with van der Waals surface area (Å²) in [5, 5.41) is 20.5. The lowest BCUT2D eigenvalue weighted by Crippen LogP contribution is -2.14. The standard InChI is InChI=1S/C24H30O2/c25-20-13-11-17(12-14-20)21-15-16-22(26)24(19-9-5-2-6-10-19)23(21)18-7-3-1-4-8-18/h11-16,18-19,25-26H,1-10H2. The van der Waals surface area contributed by atoms with E-state index in [0.717, 1.165) is 5.56 Å². The third-order valence-electron chi connectivity index (χ3n) is 6.47. The van der Waals surface area contributed by atoms with Gasteiger partial charge in [-0.25, -0.2) is 0 Å². The largest absolute Gasteiger partial charge is 0.508 e. The summed E-state index contributed by atoms with van der Waals surface area (Å²) in [5.41, 5.74) is 5.06. The summed E-state index contributed by atoms with van der Waals surface area (Å²) < 4.78 is 0. The number of phenols is 2. The first-order chi connectivity index (χ1) is 12.7. The van der Waals surface area contributed by atoms with Gasteiger partial charge in [-0.2, -0.15) is 0 Å².